The van der Waals surface area contributed by atoms with Gasteiger partial charge in [0.05, 0.1) is 0 Å². The normalized spacial score (nSPS) is 21.4. The lowest BCUT2D eigenvalue weighted by Crippen LogP contribution is -2.27. The summed E-state index contributed by atoms with van der Waals surface area (Å²) in [5, 5.41) is 1.18. The Morgan fingerprint density at radius 2 is 1.48 bits per heavy atom. The number of hydrogen-bond donors (Lipinski definition) is 0. The second-order valence-corrected chi connectivity index (χ2v) is 8.79. The lowest BCUT2D eigenvalue weighted by atomic mass is 9.77. The number of nitrogens with zero attached hydrogens (tertiary/aromatic N) is 1. The van der Waals surface area contributed by atoms with E-state index in [1.807, 2.05) is 0 Å². The first-order valence-corrected chi connectivity index (χ1v) is 10.4. The Labute approximate surface area is 142 Å². The zero-order chi connectivity index (χ0) is 15.6. The molecule has 1 saturated heterocycles. The van der Waals surface area contributed by atoms with Crippen molar-refractivity contribution < 1.29 is 0 Å². The number of rotatable bonds is 9. The van der Waals surface area contributed by atoms with Gasteiger partial charge in [-0.25, -0.2) is 0 Å². The van der Waals surface area contributed by atoms with Crippen molar-refractivity contribution >= 4 is 15.9 Å². The molecule has 21 heavy (non-hydrogen) atoms. The van der Waals surface area contributed by atoms with Crippen molar-refractivity contribution in [3.63, 3.8) is 0 Å². The average Bonchev–Trinajstić information content (AvgIpc) is 2.67. The molecule has 0 spiro atoms. The lowest BCUT2D eigenvalue weighted by molar-refractivity contribution is 0.207. The highest BCUT2D eigenvalue weighted by molar-refractivity contribution is 9.09. The van der Waals surface area contributed by atoms with Gasteiger partial charge in [-0.1, -0.05) is 68.8 Å². The van der Waals surface area contributed by atoms with E-state index in [9.17, 15) is 0 Å². The van der Waals surface area contributed by atoms with Gasteiger partial charge in [0.25, 0.3) is 0 Å². The zero-order valence-corrected chi connectivity index (χ0v) is 16.4. The maximum atomic E-state index is 3.50. The highest BCUT2D eigenvalue weighted by atomic mass is 79.9. The molecule has 0 aliphatic carbocycles. The minimum atomic E-state index is 0.505. The van der Waals surface area contributed by atoms with Gasteiger partial charge < -0.3 is 4.90 Å². The number of hydrogen-bond acceptors (Lipinski definition) is 1. The summed E-state index contributed by atoms with van der Waals surface area (Å²) in [6, 6.07) is 0. The molecule has 1 aliphatic rings. The highest BCUT2D eigenvalue weighted by Crippen LogP contribution is 2.34. The second-order valence-electron chi connectivity index (χ2n) is 8.00. The van der Waals surface area contributed by atoms with Crippen LogP contribution >= 0.6 is 15.9 Å². The fraction of sp³-hybridized carbons (Fsp3) is 1.00. The van der Waals surface area contributed by atoms with Crippen molar-refractivity contribution in [2.75, 3.05) is 25.0 Å². The summed E-state index contributed by atoms with van der Waals surface area (Å²) in [6.07, 6.45) is 14.2. The van der Waals surface area contributed by atoms with Gasteiger partial charge >= 0.3 is 0 Å². The van der Waals surface area contributed by atoms with E-state index in [0.29, 0.717) is 5.41 Å². The lowest BCUT2D eigenvalue weighted by Gasteiger charge is -2.29. The Morgan fingerprint density at radius 1 is 0.857 bits per heavy atom. The smallest absolute Gasteiger partial charge is 0.00313 e. The Balaban J connectivity index is 2.03. The van der Waals surface area contributed by atoms with Crippen LogP contribution in [0.5, 0.6) is 0 Å². The van der Waals surface area contributed by atoms with E-state index in [1.54, 1.807) is 0 Å². The predicted octanol–water partition coefficient (Wildman–Crippen LogP) is 6.26. The molecule has 1 unspecified atom stereocenters. The first kappa shape index (κ1) is 19.5. The van der Waals surface area contributed by atoms with Gasteiger partial charge in [0.2, 0.25) is 0 Å². The SMILES string of the molecule is CC(C)(C)C1CCCN(CCCCCCCCCBr)CC1. The molecule has 1 aliphatic heterocycles. The van der Waals surface area contributed by atoms with Crippen LogP contribution < -0.4 is 0 Å². The summed E-state index contributed by atoms with van der Waals surface area (Å²) in [5.41, 5.74) is 0.505. The van der Waals surface area contributed by atoms with E-state index in [4.69, 9.17) is 0 Å². The second kappa shape index (κ2) is 11.0. The van der Waals surface area contributed by atoms with Crippen LogP contribution in [-0.2, 0) is 0 Å². The quantitative estimate of drug-likeness (QED) is 0.346. The van der Waals surface area contributed by atoms with Crippen LogP contribution in [0.2, 0.25) is 0 Å². The van der Waals surface area contributed by atoms with E-state index in [0.717, 1.165) is 5.92 Å². The highest BCUT2D eigenvalue weighted by Gasteiger charge is 2.26. The Bertz CT molecular complexity index is 246. The van der Waals surface area contributed by atoms with Gasteiger partial charge in [-0.05, 0) is 63.1 Å². The third kappa shape index (κ3) is 9.23. The molecule has 0 aromatic rings. The summed E-state index contributed by atoms with van der Waals surface area (Å²) in [6.45, 7) is 11.3. The van der Waals surface area contributed by atoms with Crippen LogP contribution in [-0.4, -0.2) is 29.9 Å². The van der Waals surface area contributed by atoms with Gasteiger partial charge in [0, 0.05) is 5.33 Å². The van der Waals surface area contributed by atoms with E-state index in [-0.39, 0.29) is 0 Å². The number of unbranched alkanes of at least 4 members (excludes halogenated alkanes) is 6. The van der Waals surface area contributed by atoms with Crippen LogP contribution in [0, 0.1) is 11.3 Å². The standard InChI is InChI=1S/C19H38BrN/c1-19(2,3)18-12-11-16-21(17-13-18)15-10-8-6-4-5-7-9-14-20/h18H,4-17H2,1-3H3. The van der Waals surface area contributed by atoms with Crippen molar-refractivity contribution in [2.45, 2.75) is 85.0 Å². The van der Waals surface area contributed by atoms with E-state index < -0.39 is 0 Å². The largest absolute Gasteiger partial charge is 0.303 e. The third-order valence-electron chi connectivity index (χ3n) is 5.15. The molecule has 0 aromatic heterocycles. The zero-order valence-electron chi connectivity index (χ0n) is 14.8. The molecule has 1 nitrogen and oxygen atoms in total. The first-order valence-electron chi connectivity index (χ1n) is 9.32. The minimum absolute atomic E-state index is 0.505. The molecule has 1 heterocycles. The third-order valence-corrected chi connectivity index (χ3v) is 5.71. The molecular formula is C19H38BrN. The minimum Gasteiger partial charge on any atom is -0.303 e. The van der Waals surface area contributed by atoms with Crippen LogP contribution in [0.3, 0.4) is 0 Å². The molecule has 0 aromatic carbocycles. The summed E-state index contributed by atoms with van der Waals surface area (Å²) in [7, 11) is 0. The van der Waals surface area contributed by atoms with Crippen LogP contribution in [0.15, 0.2) is 0 Å². The molecule has 126 valence electrons. The first-order chi connectivity index (χ1) is 10.0. The Hall–Kier alpha value is 0.440. The van der Waals surface area contributed by atoms with Crippen molar-refractivity contribution in [1.82, 2.24) is 4.90 Å². The van der Waals surface area contributed by atoms with E-state index in [1.165, 1.54) is 89.2 Å². The van der Waals surface area contributed by atoms with Gasteiger partial charge in [0.1, 0.15) is 0 Å². The molecule has 0 saturated carbocycles. The molecule has 2 heteroatoms. The van der Waals surface area contributed by atoms with Gasteiger partial charge in [-0.2, -0.15) is 0 Å². The van der Waals surface area contributed by atoms with E-state index in [2.05, 4.69) is 41.6 Å². The van der Waals surface area contributed by atoms with Crippen LogP contribution in [0.25, 0.3) is 0 Å². The number of halogens is 1. The van der Waals surface area contributed by atoms with Crippen LogP contribution in [0.1, 0.15) is 85.0 Å². The Morgan fingerprint density at radius 3 is 2.10 bits per heavy atom. The maximum absolute atomic E-state index is 3.50. The van der Waals surface area contributed by atoms with Gasteiger partial charge in [-0.15, -0.1) is 0 Å². The Kier molecular flexibility index (Phi) is 10.3. The maximum Gasteiger partial charge on any atom is 0.00313 e. The molecule has 0 amide bonds. The summed E-state index contributed by atoms with van der Waals surface area (Å²) in [5.74, 6) is 0.928. The van der Waals surface area contributed by atoms with Gasteiger partial charge in [-0.3, -0.25) is 0 Å². The molecule has 1 fully saturated rings. The molecular weight excluding hydrogens is 322 g/mol. The van der Waals surface area contributed by atoms with Crippen molar-refractivity contribution in [1.29, 1.82) is 0 Å². The molecule has 0 N–H and O–H groups in total. The van der Waals surface area contributed by atoms with Crippen molar-refractivity contribution in [2.24, 2.45) is 11.3 Å². The number of alkyl halides is 1. The predicted molar refractivity (Wildman–Crippen MR) is 99.3 cm³/mol. The van der Waals surface area contributed by atoms with Crippen molar-refractivity contribution in [3.05, 3.63) is 0 Å². The summed E-state index contributed by atoms with van der Waals surface area (Å²) in [4.78, 5) is 2.73. The fourth-order valence-corrected chi connectivity index (χ4v) is 3.96. The summed E-state index contributed by atoms with van der Waals surface area (Å²) >= 11 is 3.50. The monoisotopic (exact) mass is 359 g/mol. The molecule has 1 atom stereocenters. The average molecular weight is 360 g/mol. The topological polar surface area (TPSA) is 3.24 Å². The molecule has 1 rings (SSSR count). The van der Waals surface area contributed by atoms with Crippen LogP contribution in [0.4, 0.5) is 0 Å². The van der Waals surface area contributed by atoms with E-state index >= 15 is 0 Å². The molecule has 0 radical (unpaired) electrons. The van der Waals surface area contributed by atoms with Gasteiger partial charge in [0.15, 0.2) is 0 Å². The fourth-order valence-electron chi connectivity index (χ4n) is 3.56. The summed E-state index contributed by atoms with van der Waals surface area (Å²) < 4.78 is 0. The number of likely N-dealkylation sites (tertiary alicyclic amines) is 1. The molecule has 0 bridgehead atoms. The van der Waals surface area contributed by atoms with Crippen molar-refractivity contribution in [3.8, 4) is 0 Å².